The average molecular weight is 431 g/mol. The van der Waals surface area contributed by atoms with E-state index in [2.05, 4.69) is 0 Å². The van der Waals surface area contributed by atoms with Crippen molar-refractivity contribution in [2.75, 3.05) is 26.2 Å². The van der Waals surface area contributed by atoms with Gasteiger partial charge in [0.25, 0.3) is 0 Å². The molecule has 1 saturated heterocycles. The molecule has 162 valence electrons. The second kappa shape index (κ2) is 9.35. The van der Waals surface area contributed by atoms with Gasteiger partial charge in [-0.05, 0) is 48.6 Å². The summed E-state index contributed by atoms with van der Waals surface area (Å²) in [6, 6.07) is 11.1. The van der Waals surface area contributed by atoms with E-state index in [4.69, 9.17) is 4.42 Å². The van der Waals surface area contributed by atoms with Crippen molar-refractivity contribution in [2.24, 2.45) is 0 Å². The number of benzene rings is 1. The highest BCUT2D eigenvalue weighted by atomic mass is 32.2. The zero-order chi connectivity index (χ0) is 21.0. The Bertz CT molecular complexity index is 924. The third-order valence-corrected chi connectivity index (χ3v) is 8.26. The minimum Gasteiger partial charge on any atom is -0.469 e. The molecule has 7 heteroatoms. The number of furan rings is 1. The molecular formula is C23H30N2O4S. The van der Waals surface area contributed by atoms with Crippen LogP contribution < -0.4 is 0 Å². The molecule has 1 saturated carbocycles. The van der Waals surface area contributed by atoms with Crippen LogP contribution in [0.4, 0.5) is 0 Å². The lowest BCUT2D eigenvalue weighted by Crippen LogP contribution is -2.50. The third kappa shape index (κ3) is 4.78. The second-order valence-electron chi connectivity index (χ2n) is 8.27. The molecule has 0 atom stereocenters. The number of hydrogen-bond acceptors (Lipinski definition) is 4. The van der Waals surface area contributed by atoms with Gasteiger partial charge in [0, 0.05) is 39.0 Å². The number of nitrogens with zero attached hydrogens (tertiary/aromatic N) is 2. The lowest BCUT2D eigenvalue weighted by molar-refractivity contribution is -0.132. The Kier molecular flexibility index (Phi) is 6.58. The van der Waals surface area contributed by atoms with Gasteiger partial charge in [0.15, 0.2) is 0 Å². The van der Waals surface area contributed by atoms with Crippen molar-refractivity contribution in [1.29, 1.82) is 0 Å². The molecule has 1 amide bonds. The first-order valence-electron chi connectivity index (χ1n) is 10.9. The molecule has 0 unspecified atom stereocenters. The topological polar surface area (TPSA) is 70.8 Å². The van der Waals surface area contributed by atoms with Crippen molar-refractivity contribution in [3.8, 4) is 0 Å². The number of rotatable bonds is 6. The van der Waals surface area contributed by atoms with E-state index in [0.29, 0.717) is 49.8 Å². The van der Waals surface area contributed by atoms with Crippen molar-refractivity contribution in [2.45, 2.75) is 55.8 Å². The zero-order valence-corrected chi connectivity index (χ0v) is 18.1. The first-order chi connectivity index (χ1) is 14.5. The standard InChI is InChI=1S/C23H30N2O4S/c26-23(13-10-21-7-4-18-29-21)24-14-16-25(17-15-24)30(27,28)22-11-8-20(9-12-22)19-5-2-1-3-6-19/h4,7-9,11-12,18-19H,1-3,5-6,10,13-17H2. The van der Waals surface area contributed by atoms with Gasteiger partial charge in [0.05, 0.1) is 11.2 Å². The summed E-state index contributed by atoms with van der Waals surface area (Å²) >= 11 is 0. The highest BCUT2D eigenvalue weighted by Gasteiger charge is 2.30. The summed E-state index contributed by atoms with van der Waals surface area (Å²) < 4.78 is 32.9. The molecule has 0 bridgehead atoms. The number of carbonyl (C=O) groups excluding carboxylic acids is 1. The molecule has 1 aliphatic heterocycles. The normalized spacial score (nSPS) is 19.1. The lowest BCUT2D eigenvalue weighted by Gasteiger charge is -2.34. The largest absolute Gasteiger partial charge is 0.469 e. The van der Waals surface area contributed by atoms with Crippen LogP contribution in [0.5, 0.6) is 0 Å². The van der Waals surface area contributed by atoms with Gasteiger partial charge in [-0.25, -0.2) is 8.42 Å². The highest BCUT2D eigenvalue weighted by molar-refractivity contribution is 7.89. The summed E-state index contributed by atoms with van der Waals surface area (Å²) in [5.41, 5.74) is 1.25. The average Bonchev–Trinajstić information content (AvgIpc) is 3.32. The fraction of sp³-hybridized carbons (Fsp3) is 0.522. The van der Waals surface area contributed by atoms with E-state index >= 15 is 0 Å². The van der Waals surface area contributed by atoms with Crippen molar-refractivity contribution in [3.05, 3.63) is 54.0 Å². The summed E-state index contributed by atoms with van der Waals surface area (Å²) in [6.45, 7) is 1.52. The Labute approximate surface area is 178 Å². The Balaban J connectivity index is 1.32. The number of aryl methyl sites for hydroxylation is 1. The summed E-state index contributed by atoms with van der Waals surface area (Å²) in [7, 11) is -3.53. The molecule has 2 aliphatic rings. The van der Waals surface area contributed by atoms with Crippen molar-refractivity contribution in [1.82, 2.24) is 9.21 Å². The molecule has 30 heavy (non-hydrogen) atoms. The Hall–Kier alpha value is -2.12. The number of sulfonamides is 1. The monoisotopic (exact) mass is 430 g/mol. The smallest absolute Gasteiger partial charge is 0.243 e. The van der Waals surface area contributed by atoms with Crippen LogP contribution in [0.25, 0.3) is 0 Å². The minimum absolute atomic E-state index is 0.0419. The number of hydrogen-bond donors (Lipinski definition) is 0. The Morgan fingerprint density at radius 2 is 1.67 bits per heavy atom. The van der Waals surface area contributed by atoms with Gasteiger partial charge in [-0.3, -0.25) is 4.79 Å². The summed E-state index contributed by atoms with van der Waals surface area (Å²) in [4.78, 5) is 14.5. The van der Waals surface area contributed by atoms with Gasteiger partial charge in [-0.1, -0.05) is 31.4 Å². The van der Waals surface area contributed by atoms with Gasteiger partial charge < -0.3 is 9.32 Å². The van der Waals surface area contributed by atoms with Gasteiger partial charge in [0.2, 0.25) is 15.9 Å². The summed E-state index contributed by atoms with van der Waals surface area (Å²) in [6.07, 6.45) is 8.76. The molecule has 2 heterocycles. The fourth-order valence-corrected chi connectivity index (χ4v) is 5.94. The van der Waals surface area contributed by atoms with Crippen LogP contribution in [-0.2, 0) is 21.2 Å². The molecule has 2 fully saturated rings. The molecule has 4 rings (SSSR count). The summed E-state index contributed by atoms with van der Waals surface area (Å²) in [5, 5.41) is 0. The van der Waals surface area contributed by atoms with Crippen LogP contribution in [0.1, 0.15) is 55.8 Å². The zero-order valence-electron chi connectivity index (χ0n) is 17.3. The van der Waals surface area contributed by atoms with Crippen LogP contribution in [0, 0.1) is 0 Å². The third-order valence-electron chi connectivity index (χ3n) is 6.35. The van der Waals surface area contributed by atoms with Crippen LogP contribution in [0.2, 0.25) is 0 Å². The number of amides is 1. The molecule has 6 nitrogen and oxygen atoms in total. The van der Waals surface area contributed by atoms with Crippen LogP contribution in [-0.4, -0.2) is 49.7 Å². The van der Waals surface area contributed by atoms with Crippen molar-refractivity contribution in [3.63, 3.8) is 0 Å². The molecule has 1 aromatic heterocycles. The Morgan fingerprint density at radius 1 is 0.967 bits per heavy atom. The minimum atomic E-state index is -3.53. The van der Waals surface area contributed by atoms with E-state index in [-0.39, 0.29) is 5.91 Å². The molecule has 1 aromatic carbocycles. The molecule has 0 radical (unpaired) electrons. The van der Waals surface area contributed by atoms with Crippen molar-refractivity contribution >= 4 is 15.9 Å². The first-order valence-corrected chi connectivity index (χ1v) is 12.4. The predicted molar refractivity (Wildman–Crippen MR) is 115 cm³/mol. The predicted octanol–water partition coefficient (Wildman–Crippen LogP) is 3.79. The quantitative estimate of drug-likeness (QED) is 0.699. The maximum absolute atomic E-state index is 13.0. The van der Waals surface area contributed by atoms with E-state index in [1.807, 2.05) is 24.3 Å². The number of carbonyl (C=O) groups is 1. The van der Waals surface area contributed by atoms with Gasteiger partial charge in [-0.2, -0.15) is 4.31 Å². The van der Waals surface area contributed by atoms with Gasteiger partial charge in [0.1, 0.15) is 5.76 Å². The maximum Gasteiger partial charge on any atom is 0.243 e. The van der Waals surface area contributed by atoms with Crippen LogP contribution in [0.3, 0.4) is 0 Å². The highest BCUT2D eigenvalue weighted by Crippen LogP contribution is 2.33. The lowest BCUT2D eigenvalue weighted by atomic mass is 9.84. The van der Waals surface area contributed by atoms with Crippen LogP contribution >= 0.6 is 0 Å². The van der Waals surface area contributed by atoms with Gasteiger partial charge in [-0.15, -0.1) is 0 Å². The summed E-state index contributed by atoms with van der Waals surface area (Å²) in [5.74, 6) is 1.40. The molecule has 0 spiro atoms. The van der Waals surface area contributed by atoms with E-state index in [1.165, 1.54) is 42.0 Å². The van der Waals surface area contributed by atoms with Crippen LogP contribution in [0.15, 0.2) is 52.0 Å². The molecule has 1 aliphatic carbocycles. The Morgan fingerprint density at radius 3 is 2.30 bits per heavy atom. The number of piperazine rings is 1. The molecular weight excluding hydrogens is 400 g/mol. The van der Waals surface area contributed by atoms with E-state index in [9.17, 15) is 13.2 Å². The fourth-order valence-electron chi connectivity index (χ4n) is 4.52. The molecule has 2 aromatic rings. The molecule has 0 N–H and O–H groups in total. The maximum atomic E-state index is 13.0. The first kappa shape index (κ1) is 21.1. The second-order valence-corrected chi connectivity index (χ2v) is 10.2. The van der Waals surface area contributed by atoms with E-state index in [0.717, 1.165) is 5.76 Å². The van der Waals surface area contributed by atoms with Crippen molar-refractivity contribution < 1.29 is 17.6 Å². The van der Waals surface area contributed by atoms with E-state index < -0.39 is 10.0 Å². The van der Waals surface area contributed by atoms with E-state index in [1.54, 1.807) is 23.3 Å². The SMILES string of the molecule is O=C(CCc1ccco1)N1CCN(S(=O)(=O)c2ccc(C3CCCCC3)cc2)CC1. The van der Waals surface area contributed by atoms with Gasteiger partial charge >= 0.3 is 0 Å².